The Hall–Kier alpha value is -3.41. The molecule has 0 bridgehead atoms. The molecule has 3 N–H and O–H groups in total. The third-order valence-corrected chi connectivity index (χ3v) is 8.91. The molecular weight excluding hydrogens is 637 g/mol. The number of nitrogens with zero attached hydrogens (tertiary/aromatic N) is 3. The molecule has 1 unspecified atom stereocenters. The van der Waals surface area contributed by atoms with Gasteiger partial charge in [0.05, 0.1) is 17.3 Å². The van der Waals surface area contributed by atoms with Crippen LogP contribution in [0.3, 0.4) is 0 Å². The van der Waals surface area contributed by atoms with Crippen LogP contribution in [0, 0.1) is 12.7 Å². The summed E-state index contributed by atoms with van der Waals surface area (Å²) in [6, 6.07) is 11.5. The minimum atomic E-state index is -0.457. The van der Waals surface area contributed by atoms with Gasteiger partial charge in [0.15, 0.2) is 12.4 Å². The van der Waals surface area contributed by atoms with E-state index >= 15 is 0 Å². The molecule has 3 amide bonds. The number of benzene rings is 2. The van der Waals surface area contributed by atoms with Crippen LogP contribution >= 0.6 is 11.6 Å². The summed E-state index contributed by atoms with van der Waals surface area (Å²) in [5.74, 6) is -0.631. The number of halogens is 2. The molecule has 266 valence electrons. The molecule has 3 aliphatic heterocycles. The lowest BCUT2D eigenvalue weighted by Gasteiger charge is -2.37. The summed E-state index contributed by atoms with van der Waals surface area (Å²) < 4.78 is 23.1. The highest BCUT2D eigenvalue weighted by atomic mass is 35.5. The van der Waals surface area contributed by atoms with Gasteiger partial charge in [-0.2, -0.15) is 0 Å². The number of ketones is 1. The monoisotopic (exact) mass is 689 g/mol. The SMILES string of the molecule is CC(=O)COC(=O)N1CCC(N2CCc3ccccc3NC2=O)CC1.CCCN(CCC)C1CCCOC1.Cc1cc(F)c(N)c(Cl)c1. The first-order valence-corrected chi connectivity index (χ1v) is 17.5. The Morgan fingerprint density at radius 2 is 1.79 bits per heavy atom. The summed E-state index contributed by atoms with van der Waals surface area (Å²) >= 11 is 5.55. The van der Waals surface area contributed by atoms with Crippen LogP contribution in [0.2, 0.25) is 5.02 Å². The average Bonchev–Trinajstić information content (AvgIpc) is 3.25. The van der Waals surface area contributed by atoms with Crippen molar-refractivity contribution in [3.63, 3.8) is 0 Å². The molecule has 3 heterocycles. The maximum atomic E-state index is 12.6. The van der Waals surface area contributed by atoms with E-state index in [0.29, 0.717) is 38.5 Å². The predicted molar refractivity (Wildman–Crippen MR) is 189 cm³/mol. The van der Waals surface area contributed by atoms with E-state index in [2.05, 4.69) is 24.1 Å². The van der Waals surface area contributed by atoms with Gasteiger partial charge in [0.2, 0.25) is 0 Å². The summed E-state index contributed by atoms with van der Waals surface area (Å²) in [4.78, 5) is 41.4. The highest BCUT2D eigenvalue weighted by Gasteiger charge is 2.31. The minimum Gasteiger partial charge on any atom is -0.441 e. The van der Waals surface area contributed by atoms with Gasteiger partial charge in [0, 0.05) is 44.0 Å². The molecule has 1 atom stereocenters. The van der Waals surface area contributed by atoms with E-state index in [4.69, 9.17) is 26.8 Å². The van der Waals surface area contributed by atoms with Crippen molar-refractivity contribution in [2.45, 2.75) is 84.7 Å². The first-order valence-electron chi connectivity index (χ1n) is 17.1. The number of rotatable bonds is 8. The number of nitrogens with two attached hydrogens (primary N) is 1. The zero-order valence-electron chi connectivity index (χ0n) is 28.9. The van der Waals surface area contributed by atoms with Gasteiger partial charge >= 0.3 is 12.1 Å². The Bertz CT molecular complexity index is 1300. The Morgan fingerprint density at radius 1 is 1.10 bits per heavy atom. The van der Waals surface area contributed by atoms with E-state index < -0.39 is 11.9 Å². The van der Waals surface area contributed by atoms with Gasteiger partial charge in [-0.15, -0.1) is 0 Å². The molecule has 0 radical (unpaired) electrons. The molecule has 0 saturated carbocycles. The van der Waals surface area contributed by atoms with E-state index in [1.165, 1.54) is 51.8 Å². The normalized spacial score (nSPS) is 18.0. The molecular formula is C36H53ClFN5O5. The molecule has 12 heteroatoms. The van der Waals surface area contributed by atoms with E-state index in [1.807, 2.05) is 29.2 Å². The van der Waals surface area contributed by atoms with Gasteiger partial charge in [0.1, 0.15) is 5.82 Å². The standard InChI is InChI=1S/C18H23N3O4.C11H23NO.C7H7ClFN/c1-13(22)12-25-18(24)20-9-7-15(8-10-20)21-11-6-14-4-2-3-5-16(14)19-17(21)23;1-3-7-12(8-4-2)11-6-5-9-13-10-11;1-4-2-5(8)7(10)6(9)3-4/h2-5,15H,6-12H2,1H3,(H,19,23);11H,3-10H2,1-2H3;2-3H,10H2,1H3. The summed E-state index contributed by atoms with van der Waals surface area (Å²) in [7, 11) is 0. The van der Waals surface area contributed by atoms with Gasteiger partial charge in [-0.25, -0.2) is 14.0 Å². The number of urea groups is 1. The first-order chi connectivity index (χ1) is 23.0. The number of para-hydroxylation sites is 1. The summed E-state index contributed by atoms with van der Waals surface area (Å²) in [6.07, 6.45) is 6.87. The van der Waals surface area contributed by atoms with Crippen LogP contribution in [0.5, 0.6) is 0 Å². The van der Waals surface area contributed by atoms with Crippen LogP contribution in [-0.2, 0) is 20.7 Å². The van der Waals surface area contributed by atoms with Crippen molar-refractivity contribution in [2.75, 3.05) is 63.6 Å². The molecule has 0 spiro atoms. The van der Waals surface area contributed by atoms with Gasteiger partial charge in [0.25, 0.3) is 0 Å². The number of aryl methyl sites for hydroxylation is 1. The third-order valence-electron chi connectivity index (χ3n) is 8.60. The molecule has 2 aromatic rings. The van der Waals surface area contributed by atoms with Crippen LogP contribution in [-0.4, -0.2) is 97.2 Å². The van der Waals surface area contributed by atoms with Crippen LogP contribution in [0.15, 0.2) is 36.4 Å². The number of amides is 3. The van der Waals surface area contributed by atoms with Crippen molar-refractivity contribution in [1.82, 2.24) is 14.7 Å². The van der Waals surface area contributed by atoms with Gasteiger partial charge in [-0.1, -0.05) is 43.6 Å². The van der Waals surface area contributed by atoms with Crippen molar-refractivity contribution in [3.05, 3.63) is 58.4 Å². The van der Waals surface area contributed by atoms with Crippen LogP contribution < -0.4 is 11.1 Å². The number of anilines is 2. The average molecular weight is 690 g/mol. The lowest BCUT2D eigenvalue weighted by molar-refractivity contribution is -0.120. The number of fused-ring (bicyclic) bond motifs is 1. The smallest absolute Gasteiger partial charge is 0.410 e. The topological polar surface area (TPSA) is 117 Å². The zero-order valence-corrected chi connectivity index (χ0v) is 29.7. The van der Waals surface area contributed by atoms with Crippen LogP contribution in [0.4, 0.5) is 25.4 Å². The Labute approximate surface area is 290 Å². The fourth-order valence-electron chi connectivity index (χ4n) is 6.13. The summed E-state index contributed by atoms with van der Waals surface area (Å²) in [6.45, 7) is 13.6. The largest absolute Gasteiger partial charge is 0.441 e. The number of hydrogen-bond donors (Lipinski definition) is 2. The Balaban J connectivity index is 0.000000226. The second kappa shape index (κ2) is 20.2. The van der Waals surface area contributed by atoms with E-state index in [-0.39, 0.29) is 35.2 Å². The lowest BCUT2D eigenvalue weighted by atomic mass is 10.0. The number of likely N-dealkylation sites (tertiary alicyclic amines) is 1. The Kier molecular flexibility index (Phi) is 16.4. The van der Waals surface area contributed by atoms with Crippen molar-refractivity contribution in [2.24, 2.45) is 0 Å². The van der Waals surface area contributed by atoms with Crippen LogP contribution in [0.1, 0.15) is 70.4 Å². The number of Topliss-reactive ketones (excluding diaryl/α,β-unsaturated/α-hetero) is 1. The van der Waals surface area contributed by atoms with E-state index in [9.17, 15) is 18.8 Å². The van der Waals surface area contributed by atoms with E-state index in [0.717, 1.165) is 36.4 Å². The van der Waals surface area contributed by atoms with Gasteiger partial charge in [-0.3, -0.25) is 9.69 Å². The quantitative estimate of drug-likeness (QED) is 0.289. The molecule has 0 aromatic heterocycles. The molecule has 5 rings (SSSR count). The number of hydrogen-bond acceptors (Lipinski definition) is 7. The number of carbonyl (C=O) groups is 3. The number of nitrogens with one attached hydrogen (secondary N) is 1. The Morgan fingerprint density at radius 3 is 2.40 bits per heavy atom. The molecule has 2 aromatic carbocycles. The van der Waals surface area contributed by atoms with E-state index in [1.54, 1.807) is 17.9 Å². The fourth-order valence-corrected chi connectivity index (χ4v) is 6.39. The van der Waals surface area contributed by atoms with Crippen molar-refractivity contribution in [3.8, 4) is 0 Å². The predicted octanol–water partition coefficient (Wildman–Crippen LogP) is 6.92. The maximum Gasteiger partial charge on any atom is 0.410 e. The molecule has 2 fully saturated rings. The fraction of sp³-hybridized carbons (Fsp3) is 0.583. The number of nitrogen functional groups attached to an aromatic ring is 1. The van der Waals surface area contributed by atoms with Crippen molar-refractivity contribution in [1.29, 1.82) is 0 Å². The van der Waals surface area contributed by atoms with Crippen molar-refractivity contribution >= 4 is 40.9 Å². The molecule has 10 nitrogen and oxygen atoms in total. The maximum absolute atomic E-state index is 12.6. The van der Waals surface area contributed by atoms with Crippen LogP contribution in [0.25, 0.3) is 0 Å². The number of carbonyl (C=O) groups excluding carboxylic acids is 3. The molecule has 48 heavy (non-hydrogen) atoms. The highest BCUT2D eigenvalue weighted by Crippen LogP contribution is 2.25. The minimum absolute atomic E-state index is 0.0206. The van der Waals surface area contributed by atoms with Crippen molar-refractivity contribution < 1.29 is 28.2 Å². The summed E-state index contributed by atoms with van der Waals surface area (Å²) in [5.41, 5.74) is 8.06. The summed E-state index contributed by atoms with van der Waals surface area (Å²) in [5, 5.41) is 3.26. The zero-order chi connectivity index (χ0) is 35.1. The first kappa shape index (κ1) is 39.0. The second-order valence-corrected chi connectivity index (χ2v) is 13.0. The van der Waals surface area contributed by atoms with Gasteiger partial charge < -0.3 is 30.3 Å². The molecule has 3 aliphatic rings. The number of piperidine rings is 1. The third kappa shape index (κ3) is 12.2. The second-order valence-electron chi connectivity index (χ2n) is 12.6. The van der Waals surface area contributed by atoms with Gasteiger partial charge in [-0.05, 0) is 101 Å². The highest BCUT2D eigenvalue weighted by molar-refractivity contribution is 6.33. The lowest BCUT2D eigenvalue weighted by Crippen LogP contribution is -2.50. The number of ether oxygens (including phenoxy) is 2. The molecule has 0 aliphatic carbocycles. The molecule has 2 saturated heterocycles.